The van der Waals surface area contributed by atoms with E-state index in [9.17, 15) is 9.18 Å². The van der Waals surface area contributed by atoms with Crippen molar-refractivity contribution in [3.8, 4) is 0 Å². The Hall–Kier alpha value is -3.78. The van der Waals surface area contributed by atoms with Crippen LogP contribution in [-0.4, -0.2) is 42.4 Å². The maximum atomic E-state index is 13.4. The fourth-order valence-electron chi connectivity index (χ4n) is 3.74. The molecule has 0 fully saturated rings. The van der Waals surface area contributed by atoms with E-state index in [0.717, 1.165) is 16.8 Å². The summed E-state index contributed by atoms with van der Waals surface area (Å²) < 4.78 is 13.4. The molecule has 2 aliphatic rings. The number of nitrogens with two attached hydrogens (primary N) is 1. The SMILES string of the molecule is Cc1cnc(NC2C=CC=C(F)C=C2)cc1N1C=NC(C(=O)NC(CN)c2ccccc2)C1. The second kappa shape index (κ2) is 10.2. The molecular formula is C25H27FN6O. The van der Waals surface area contributed by atoms with Gasteiger partial charge in [0.05, 0.1) is 30.7 Å². The maximum absolute atomic E-state index is 13.4. The number of aryl methyl sites for hydroxylation is 1. The summed E-state index contributed by atoms with van der Waals surface area (Å²) in [6.07, 6.45) is 11.5. The van der Waals surface area contributed by atoms with Crippen molar-refractivity contribution in [3.63, 3.8) is 0 Å². The molecule has 4 N–H and O–H groups in total. The molecule has 1 aliphatic heterocycles. The third kappa shape index (κ3) is 5.53. The maximum Gasteiger partial charge on any atom is 0.247 e. The Morgan fingerprint density at radius 3 is 2.91 bits per heavy atom. The van der Waals surface area contributed by atoms with Gasteiger partial charge in [-0.2, -0.15) is 0 Å². The minimum atomic E-state index is -0.534. The summed E-state index contributed by atoms with van der Waals surface area (Å²) in [5.74, 6) is 0.182. The van der Waals surface area contributed by atoms with Gasteiger partial charge in [-0.05, 0) is 30.2 Å². The third-order valence-corrected chi connectivity index (χ3v) is 5.55. The lowest BCUT2D eigenvalue weighted by atomic mass is 10.1. The van der Waals surface area contributed by atoms with Crippen molar-refractivity contribution >= 4 is 23.8 Å². The molecule has 1 aromatic carbocycles. The lowest BCUT2D eigenvalue weighted by Gasteiger charge is -2.22. The van der Waals surface area contributed by atoms with Crippen molar-refractivity contribution in [1.29, 1.82) is 0 Å². The predicted octanol–water partition coefficient (Wildman–Crippen LogP) is 3.18. The van der Waals surface area contributed by atoms with E-state index in [-0.39, 0.29) is 23.8 Å². The van der Waals surface area contributed by atoms with E-state index in [1.165, 1.54) is 12.2 Å². The van der Waals surface area contributed by atoms with E-state index in [0.29, 0.717) is 18.9 Å². The van der Waals surface area contributed by atoms with Crippen LogP contribution in [0.2, 0.25) is 0 Å². The van der Waals surface area contributed by atoms with Gasteiger partial charge in [-0.3, -0.25) is 9.79 Å². The van der Waals surface area contributed by atoms with E-state index in [1.54, 1.807) is 24.7 Å². The number of anilines is 2. The molecular weight excluding hydrogens is 419 g/mol. The number of allylic oxidation sites excluding steroid dienone is 4. The fraction of sp³-hybridized carbons (Fsp3) is 0.240. The van der Waals surface area contributed by atoms with Crippen LogP contribution < -0.4 is 21.3 Å². The molecule has 3 unspecified atom stereocenters. The van der Waals surface area contributed by atoms with Crippen LogP contribution in [0.3, 0.4) is 0 Å². The molecule has 8 heteroatoms. The van der Waals surface area contributed by atoms with Crippen molar-refractivity contribution in [2.45, 2.75) is 25.0 Å². The third-order valence-electron chi connectivity index (χ3n) is 5.55. The molecule has 4 rings (SSSR count). The number of pyridine rings is 1. The highest BCUT2D eigenvalue weighted by molar-refractivity contribution is 5.92. The summed E-state index contributed by atoms with van der Waals surface area (Å²) in [5.41, 5.74) is 8.71. The molecule has 0 radical (unpaired) electrons. The molecule has 0 saturated carbocycles. The second-order valence-electron chi connectivity index (χ2n) is 7.96. The first kappa shape index (κ1) is 22.4. The number of hydrogen-bond acceptors (Lipinski definition) is 6. The largest absolute Gasteiger partial charge is 0.360 e. The van der Waals surface area contributed by atoms with Crippen LogP contribution in [-0.2, 0) is 4.79 Å². The van der Waals surface area contributed by atoms with Gasteiger partial charge in [0.2, 0.25) is 5.91 Å². The monoisotopic (exact) mass is 446 g/mol. The molecule has 1 aliphatic carbocycles. The number of carbonyl (C=O) groups excluding carboxylic acids is 1. The zero-order chi connectivity index (χ0) is 23.2. The van der Waals surface area contributed by atoms with Gasteiger partial charge < -0.3 is 21.3 Å². The molecule has 0 spiro atoms. The highest BCUT2D eigenvalue weighted by Gasteiger charge is 2.28. The van der Waals surface area contributed by atoms with Gasteiger partial charge in [0.1, 0.15) is 17.7 Å². The van der Waals surface area contributed by atoms with Crippen LogP contribution in [0.1, 0.15) is 17.2 Å². The van der Waals surface area contributed by atoms with Crippen LogP contribution in [0.15, 0.2) is 83.8 Å². The Morgan fingerprint density at radius 1 is 1.30 bits per heavy atom. The van der Waals surface area contributed by atoms with Crippen molar-refractivity contribution < 1.29 is 9.18 Å². The van der Waals surface area contributed by atoms with Gasteiger partial charge in [-0.1, -0.05) is 48.6 Å². The van der Waals surface area contributed by atoms with Crippen molar-refractivity contribution in [3.05, 3.63) is 89.9 Å². The smallest absolute Gasteiger partial charge is 0.247 e. The Balaban J connectivity index is 1.41. The van der Waals surface area contributed by atoms with Gasteiger partial charge >= 0.3 is 0 Å². The van der Waals surface area contributed by atoms with Gasteiger partial charge in [0.15, 0.2) is 0 Å². The standard InChI is InChI=1S/C25H27FN6O/c1-17-14-28-24(30-20-9-5-8-19(26)10-11-20)12-23(17)32-15-22(29-16-32)25(33)31-21(13-27)18-6-3-2-4-7-18/h2-12,14,16,20-22H,13,15,27H2,1H3,(H,28,30)(H,31,33). The number of benzene rings is 1. The second-order valence-corrected chi connectivity index (χ2v) is 7.96. The van der Waals surface area contributed by atoms with Crippen LogP contribution in [0.4, 0.5) is 15.9 Å². The summed E-state index contributed by atoms with van der Waals surface area (Å²) in [7, 11) is 0. The molecule has 0 saturated heterocycles. The first-order valence-corrected chi connectivity index (χ1v) is 10.8. The number of halogens is 1. The van der Waals surface area contributed by atoms with Gasteiger partial charge in [-0.15, -0.1) is 0 Å². The Bertz CT molecular complexity index is 1110. The molecule has 0 bridgehead atoms. The minimum Gasteiger partial charge on any atom is -0.360 e. The van der Waals surface area contributed by atoms with Crippen molar-refractivity contribution in [2.24, 2.45) is 10.7 Å². The number of nitrogens with zero attached hydrogens (tertiary/aromatic N) is 3. The van der Waals surface area contributed by atoms with Crippen LogP contribution >= 0.6 is 0 Å². The number of aliphatic imine (C=N–C) groups is 1. The topological polar surface area (TPSA) is 95.6 Å². The summed E-state index contributed by atoms with van der Waals surface area (Å²) >= 11 is 0. The van der Waals surface area contributed by atoms with Crippen molar-refractivity contribution in [1.82, 2.24) is 10.3 Å². The number of aromatic nitrogens is 1. The zero-order valence-electron chi connectivity index (χ0n) is 18.4. The summed E-state index contributed by atoms with van der Waals surface area (Å²) in [6, 6.07) is 10.6. The van der Waals surface area contributed by atoms with E-state index < -0.39 is 6.04 Å². The average molecular weight is 447 g/mol. The minimum absolute atomic E-state index is 0.165. The first-order valence-electron chi connectivity index (χ1n) is 10.8. The lowest BCUT2D eigenvalue weighted by molar-refractivity contribution is -0.122. The zero-order valence-corrected chi connectivity index (χ0v) is 18.4. The van der Waals surface area contributed by atoms with E-state index in [4.69, 9.17) is 5.73 Å². The number of carbonyl (C=O) groups is 1. The average Bonchev–Trinajstić information content (AvgIpc) is 3.23. The Morgan fingerprint density at radius 2 is 2.12 bits per heavy atom. The summed E-state index contributed by atoms with van der Waals surface area (Å²) in [6.45, 7) is 2.68. The molecule has 2 heterocycles. The fourth-order valence-corrected chi connectivity index (χ4v) is 3.74. The normalized spacial score (nSPS) is 20.3. The molecule has 3 atom stereocenters. The van der Waals surface area contributed by atoms with Gasteiger partial charge in [0, 0.05) is 18.8 Å². The van der Waals surface area contributed by atoms with Crippen LogP contribution in [0.25, 0.3) is 0 Å². The highest BCUT2D eigenvalue weighted by atomic mass is 19.1. The van der Waals surface area contributed by atoms with Gasteiger partial charge in [-0.25, -0.2) is 9.37 Å². The number of nitrogens with one attached hydrogen (secondary N) is 2. The Kier molecular flexibility index (Phi) is 6.95. The van der Waals surface area contributed by atoms with E-state index in [1.807, 2.05) is 54.3 Å². The quantitative estimate of drug-likeness (QED) is 0.607. The molecule has 1 amide bonds. The highest BCUT2D eigenvalue weighted by Crippen LogP contribution is 2.25. The number of hydrogen-bond donors (Lipinski definition) is 3. The van der Waals surface area contributed by atoms with Crippen LogP contribution in [0, 0.1) is 6.92 Å². The van der Waals surface area contributed by atoms with Crippen LogP contribution in [0.5, 0.6) is 0 Å². The molecule has 33 heavy (non-hydrogen) atoms. The first-order chi connectivity index (χ1) is 16.0. The number of amides is 1. The van der Waals surface area contributed by atoms with E-state index in [2.05, 4.69) is 20.6 Å². The Labute approximate surface area is 192 Å². The number of rotatable bonds is 7. The van der Waals surface area contributed by atoms with Crippen molar-refractivity contribution in [2.75, 3.05) is 23.3 Å². The van der Waals surface area contributed by atoms with E-state index >= 15 is 0 Å². The molecule has 2 aromatic rings. The molecule has 170 valence electrons. The van der Waals surface area contributed by atoms with Gasteiger partial charge in [0.25, 0.3) is 0 Å². The molecule has 7 nitrogen and oxygen atoms in total. The molecule has 1 aromatic heterocycles. The lowest BCUT2D eigenvalue weighted by Crippen LogP contribution is -2.41. The predicted molar refractivity (Wildman–Crippen MR) is 130 cm³/mol. The summed E-state index contributed by atoms with van der Waals surface area (Å²) in [5, 5.41) is 6.28. The summed E-state index contributed by atoms with van der Waals surface area (Å²) in [4.78, 5) is 23.6.